The van der Waals surface area contributed by atoms with Crippen molar-refractivity contribution in [3.63, 3.8) is 0 Å². The summed E-state index contributed by atoms with van der Waals surface area (Å²) in [4.78, 5) is 27.5. The van der Waals surface area contributed by atoms with E-state index in [0.717, 1.165) is 22.0 Å². The molecule has 0 aromatic heterocycles. The predicted octanol–water partition coefficient (Wildman–Crippen LogP) is 3.97. The molecule has 0 spiro atoms. The van der Waals surface area contributed by atoms with Gasteiger partial charge in [0.2, 0.25) is 0 Å². The highest BCUT2D eigenvalue weighted by Gasteiger charge is 2.31. The summed E-state index contributed by atoms with van der Waals surface area (Å²) in [6.07, 6.45) is 2.28. The van der Waals surface area contributed by atoms with Gasteiger partial charge in [-0.1, -0.05) is 54.3 Å². The number of rotatable bonds is 6. The largest absolute Gasteiger partial charge is 0.481 e. The second-order valence-electron chi connectivity index (χ2n) is 6.44. The number of carbonyl (C=O) groups is 2. The van der Waals surface area contributed by atoms with E-state index in [2.05, 4.69) is 11.0 Å². The predicted molar refractivity (Wildman–Crippen MR) is 115 cm³/mol. The quantitative estimate of drug-likeness (QED) is 0.585. The van der Waals surface area contributed by atoms with E-state index in [-0.39, 0.29) is 12.3 Å². The number of carboxylic acid groups (broad SMARTS) is 1. The van der Waals surface area contributed by atoms with Crippen LogP contribution < -0.4 is 4.90 Å². The highest BCUT2D eigenvalue weighted by Crippen LogP contribution is 2.35. The molecule has 1 amide bonds. The molecule has 1 saturated heterocycles. The van der Waals surface area contributed by atoms with Crippen LogP contribution in [0, 0.1) is 0 Å². The van der Waals surface area contributed by atoms with Gasteiger partial charge in [0.25, 0.3) is 5.91 Å². The fourth-order valence-corrected chi connectivity index (χ4v) is 4.34. The van der Waals surface area contributed by atoms with Gasteiger partial charge < -0.3 is 10.0 Å². The molecule has 0 unspecified atom stereocenters. The molecular formula is C20H20N2O3S2. The van der Waals surface area contributed by atoms with Gasteiger partial charge in [0.15, 0.2) is 0 Å². The Kier molecular flexibility index (Phi) is 5.82. The van der Waals surface area contributed by atoms with Crippen molar-refractivity contribution in [2.45, 2.75) is 12.8 Å². The minimum absolute atomic E-state index is 0.0206. The maximum absolute atomic E-state index is 12.7. The standard InChI is InChI=1S/C20H20N2O3S2/c1-21(2)16-10-9-13(14-6-3-4-7-15(14)16)12-17-19(25)22(20(26)27-17)11-5-8-18(23)24/h3-4,6-7,9-10,12H,5,8,11H2,1-2H3,(H,23,24)/b17-12-. The van der Waals surface area contributed by atoms with Crippen LogP contribution in [0.3, 0.4) is 0 Å². The zero-order valence-corrected chi connectivity index (χ0v) is 16.8. The number of thioether (sulfide) groups is 1. The van der Waals surface area contributed by atoms with Gasteiger partial charge in [0.05, 0.1) is 4.91 Å². The highest BCUT2D eigenvalue weighted by molar-refractivity contribution is 8.26. The Labute approximate surface area is 167 Å². The average molecular weight is 401 g/mol. The number of benzene rings is 2. The van der Waals surface area contributed by atoms with Crippen molar-refractivity contribution in [3.05, 3.63) is 46.9 Å². The fraction of sp³-hybridized carbons (Fsp3) is 0.250. The molecule has 1 N–H and O–H groups in total. The van der Waals surface area contributed by atoms with Crippen molar-refractivity contribution in [3.8, 4) is 0 Å². The van der Waals surface area contributed by atoms with Gasteiger partial charge in [-0.05, 0) is 29.5 Å². The molecule has 2 aromatic rings. The SMILES string of the molecule is CN(C)c1ccc(/C=C2\SC(=S)N(CCCC(=O)O)C2=O)c2ccccc12. The first-order chi connectivity index (χ1) is 12.9. The summed E-state index contributed by atoms with van der Waals surface area (Å²) >= 11 is 6.58. The van der Waals surface area contributed by atoms with Crippen LogP contribution in [0.4, 0.5) is 5.69 Å². The van der Waals surface area contributed by atoms with Crippen molar-refractivity contribution >= 4 is 62.7 Å². The van der Waals surface area contributed by atoms with Gasteiger partial charge in [0.1, 0.15) is 4.32 Å². The summed E-state index contributed by atoms with van der Waals surface area (Å²) in [5, 5.41) is 11.0. The number of hydrogen-bond acceptors (Lipinski definition) is 5. The molecule has 140 valence electrons. The molecule has 3 rings (SSSR count). The first kappa shape index (κ1) is 19.4. The maximum Gasteiger partial charge on any atom is 0.303 e. The molecule has 1 aliphatic heterocycles. The second-order valence-corrected chi connectivity index (χ2v) is 8.12. The number of aliphatic carboxylic acids is 1. The fourth-order valence-electron chi connectivity index (χ4n) is 3.04. The number of anilines is 1. The average Bonchev–Trinajstić information content (AvgIpc) is 2.89. The number of fused-ring (bicyclic) bond motifs is 1. The summed E-state index contributed by atoms with van der Waals surface area (Å²) in [6.45, 7) is 0.328. The van der Waals surface area contributed by atoms with Gasteiger partial charge in [0, 0.05) is 38.1 Å². The third-order valence-electron chi connectivity index (χ3n) is 4.35. The van der Waals surface area contributed by atoms with Gasteiger partial charge in [-0.2, -0.15) is 0 Å². The lowest BCUT2D eigenvalue weighted by Gasteiger charge is -2.16. The van der Waals surface area contributed by atoms with E-state index < -0.39 is 5.97 Å². The smallest absolute Gasteiger partial charge is 0.303 e. The van der Waals surface area contributed by atoms with Gasteiger partial charge >= 0.3 is 5.97 Å². The van der Waals surface area contributed by atoms with Crippen molar-refractivity contribution in [1.82, 2.24) is 4.90 Å². The summed E-state index contributed by atoms with van der Waals surface area (Å²) in [5.74, 6) is -1.03. The first-order valence-corrected chi connectivity index (χ1v) is 9.77. The van der Waals surface area contributed by atoms with Crippen molar-refractivity contribution in [2.24, 2.45) is 0 Å². The van der Waals surface area contributed by atoms with E-state index in [0.29, 0.717) is 22.2 Å². The van der Waals surface area contributed by atoms with Gasteiger partial charge in [-0.25, -0.2) is 0 Å². The van der Waals surface area contributed by atoms with Gasteiger partial charge in [-0.15, -0.1) is 0 Å². The second kappa shape index (κ2) is 8.10. The summed E-state index contributed by atoms with van der Waals surface area (Å²) in [7, 11) is 4.01. The number of carboxylic acids is 1. The van der Waals surface area contributed by atoms with Crippen LogP contribution in [-0.4, -0.2) is 46.8 Å². The molecule has 0 radical (unpaired) electrons. The van der Waals surface area contributed by atoms with Crippen LogP contribution in [0.25, 0.3) is 16.8 Å². The number of hydrogen-bond donors (Lipinski definition) is 1. The third-order valence-corrected chi connectivity index (χ3v) is 5.73. The van der Waals surface area contributed by atoms with Crippen LogP contribution in [0.2, 0.25) is 0 Å². The lowest BCUT2D eigenvalue weighted by molar-refractivity contribution is -0.137. The molecule has 1 aliphatic rings. The lowest BCUT2D eigenvalue weighted by atomic mass is 10.0. The summed E-state index contributed by atoms with van der Waals surface area (Å²) < 4.78 is 0.478. The van der Waals surface area contributed by atoms with Crippen molar-refractivity contribution in [1.29, 1.82) is 0 Å². The number of carbonyl (C=O) groups excluding carboxylic acids is 1. The monoisotopic (exact) mass is 400 g/mol. The van der Waals surface area contributed by atoms with E-state index in [9.17, 15) is 9.59 Å². The minimum atomic E-state index is -0.872. The lowest BCUT2D eigenvalue weighted by Crippen LogP contribution is -2.29. The molecule has 2 aromatic carbocycles. The Morgan fingerprint density at radius 1 is 1.22 bits per heavy atom. The summed E-state index contributed by atoms with van der Waals surface area (Å²) in [5.41, 5.74) is 2.08. The van der Waals surface area contributed by atoms with Crippen LogP contribution in [0.1, 0.15) is 18.4 Å². The molecule has 27 heavy (non-hydrogen) atoms. The summed E-state index contributed by atoms with van der Waals surface area (Å²) in [6, 6.07) is 12.1. The molecule has 5 nitrogen and oxygen atoms in total. The maximum atomic E-state index is 12.7. The zero-order valence-electron chi connectivity index (χ0n) is 15.1. The molecule has 7 heteroatoms. The van der Waals surface area contributed by atoms with Crippen LogP contribution >= 0.6 is 24.0 Å². The zero-order chi connectivity index (χ0) is 19.6. The normalized spacial score (nSPS) is 15.8. The number of nitrogens with zero attached hydrogens (tertiary/aromatic N) is 2. The van der Waals surface area contributed by atoms with Crippen molar-refractivity contribution < 1.29 is 14.7 Å². The molecule has 0 atom stereocenters. The minimum Gasteiger partial charge on any atom is -0.481 e. The van der Waals surface area contributed by atoms with Gasteiger partial charge in [-0.3, -0.25) is 14.5 Å². The van der Waals surface area contributed by atoms with E-state index in [1.165, 1.54) is 16.7 Å². The van der Waals surface area contributed by atoms with E-state index in [4.69, 9.17) is 17.3 Å². The Bertz CT molecular complexity index is 953. The Morgan fingerprint density at radius 3 is 2.59 bits per heavy atom. The van der Waals surface area contributed by atoms with Crippen LogP contribution in [0.5, 0.6) is 0 Å². The Hall–Kier alpha value is -2.38. The van der Waals surface area contributed by atoms with Crippen molar-refractivity contribution in [2.75, 3.05) is 25.5 Å². The molecule has 1 heterocycles. The topological polar surface area (TPSA) is 60.9 Å². The Balaban J connectivity index is 1.91. The van der Waals surface area contributed by atoms with E-state index >= 15 is 0 Å². The molecule has 0 aliphatic carbocycles. The first-order valence-electron chi connectivity index (χ1n) is 8.54. The molecule has 1 fully saturated rings. The number of amides is 1. The third kappa shape index (κ3) is 4.14. The van der Waals surface area contributed by atoms with E-state index in [1.807, 2.05) is 50.5 Å². The Morgan fingerprint density at radius 2 is 1.93 bits per heavy atom. The molecular weight excluding hydrogens is 380 g/mol. The van der Waals surface area contributed by atoms with E-state index in [1.54, 1.807) is 0 Å². The van der Waals surface area contributed by atoms with Crippen LogP contribution in [0.15, 0.2) is 41.3 Å². The highest BCUT2D eigenvalue weighted by atomic mass is 32.2. The number of thiocarbonyl (C=S) groups is 1. The molecule has 0 saturated carbocycles. The molecule has 0 bridgehead atoms. The van der Waals surface area contributed by atoms with Crippen LogP contribution in [-0.2, 0) is 9.59 Å².